The van der Waals surface area contributed by atoms with Gasteiger partial charge in [0.25, 0.3) is 0 Å². The predicted molar refractivity (Wildman–Crippen MR) is 96.0 cm³/mol. The second-order valence-electron chi connectivity index (χ2n) is 9.14. The van der Waals surface area contributed by atoms with Gasteiger partial charge >= 0.3 is 5.97 Å². The summed E-state index contributed by atoms with van der Waals surface area (Å²) >= 11 is 0. The third kappa shape index (κ3) is 1.30. The lowest BCUT2D eigenvalue weighted by Crippen LogP contribution is -2.78. The number of carbonyl (C=O) groups is 2. The number of benzene rings is 1. The zero-order valence-electron chi connectivity index (χ0n) is 14.9. The van der Waals surface area contributed by atoms with E-state index in [4.69, 9.17) is 0 Å². The number of anilines is 1. The highest BCUT2D eigenvalue weighted by Gasteiger charge is 2.80. The zero-order valence-corrected chi connectivity index (χ0v) is 14.9. The van der Waals surface area contributed by atoms with E-state index in [1.165, 1.54) is 12.0 Å². The van der Waals surface area contributed by atoms with Crippen molar-refractivity contribution in [2.24, 2.45) is 11.3 Å². The molecule has 2 saturated heterocycles. The first-order chi connectivity index (χ1) is 12.6. The summed E-state index contributed by atoms with van der Waals surface area (Å²) in [6.07, 6.45) is 6.81. The molecule has 26 heavy (non-hydrogen) atoms. The van der Waals surface area contributed by atoms with Gasteiger partial charge in [-0.2, -0.15) is 0 Å². The Kier molecular flexibility index (Phi) is 2.63. The highest BCUT2D eigenvalue weighted by molar-refractivity contribution is 5.90. The van der Waals surface area contributed by atoms with E-state index in [0.717, 1.165) is 57.3 Å². The molecule has 3 aliphatic carbocycles. The van der Waals surface area contributed by atoms with Gasteiger partial charge in [-0.15, -0.1) is 0 Å². The molecule has 5 nitrogen and oxygen atoms in total. The summed E-state index contributed by atoms with van der Waals surface area (Å²) in [6, 6.07) is 8.62. The molecule has 3 aliphatic heterocycles. The number of hydrogen-bond donors (Lipinski definition) is 1. The lowest BCUT2D eigenvalue weighted by Gasteiger charge is -2.69. The molecule has 1 amide bonds. The highest BCUT2D eigenvalue weighted by atomic mass is 16.4. The van der Waals surface area contributed by atoms with Crippen molar-refractivity contribution in [3.8, 4) is 0 Å². The third-order valence-corrected chi connectivity index (χ3v) is 8.77. The Morgan fingerprint density at radius 2 is 2.00 bits per heavy atom. The molecule has 2 bridgehead atoms. The van der Waals surface area contributed by atoms with Crippen molar-refractivity contribution in [3.63, 3.8) is 0 Å². The second kappa shape index (κ2) is 4.50. The van der Waals surface area contributed by atoms with Crippen LogP contribution in [0, 0.1) is 11.3 Å². The third-order valence-electron chi connectivity index (χ3n) is 8.77. The Hall–Kier alpha value is -1.88. The van der Waals surface area contributed by atoms with Crippen molar-refractivity contribution in [3.05, 3.63) is 29.8 Å². The van der Waals surface area contributed by atoms with Crippen LogP contribution in [0.1, 0.15) is 44.1 Å². The maximum Gasteiger partial charge on any atom is 0.308 e. The van der Waals surface area contributed by atoms with Gasteiger partial charge < -0.3 is 10.0 Å². The fraction of sp³-hybridized carbons (Fsp3) is 0.619. The van der Waals surface area contributed by atoms with Crippen LogP contribution in [0.2, 0.25) is 0 Å². The molecular formula is C21H24N2O3. The van der Waals surface area contributed by atoms with E-state index in [0.29, 0.717) is 6.04 Å². The SMILES string of the molecule is O=CN1c2ccccc2C23CCN4CCCC5(CCC12C(C(=O)O)C5)C43. The maximum atomic E-state index is 12.5. The quantitative estimate of drug-likeness (QED) is 0.831. The Labute approximate surface area is 153 Å². The molecular weight excluding hydrogens is 328 g/mol. The lowest BCUT2D eigenvalue weighted by molar-refractivity contribution is -0.172. The summed E-state index contributed by atoms with van der Waals surface area (Å²) < 4.78 is 0. The number of aliphatic carboxylic acids is 1. The van der Waals surface area contributed by atoms with Crippen molar-refractivity contribution >= 4 is 18.1 Å². The molecule has 5 heteroatoms. The second-order valence-corrected chi connectivity index (χ2v) is 9.14. The Balaban J connectivity index is 1.71. The van der Waals surface area contributed by atoms with Gasteiger partial charge in [-0.1, -0.05) is 18.2 Å². The van der Waals surface area contributed by atoms with E-state index in [1.54, 1.807) is 0 Å². The highest BCUT2D eigenvalue weighted by Crippen LogP contribution is 2.75. The van der Waals surface area contributed by atoms with E-state index in [2.05, 4.69) is 17.0 Å². The lowest BCUT2D eigenvalue weighted by atomic mass is 9.38. The van der Waals surface area contributed by atoms with Crippen LogP contribution in [0.15, 0.2) is 24.3 Å². The van der Waals surface area contributed by atoms with Crippen LogP contribution in [0.4, 0.5) is 5.69 Å². The van der Waals surface area contributed by atoms with Gasteiger partial charge in [0.15, 0.2) is 0 Å². The Bertz CT molecular complexity index is 840. The zero-order chi connectivity index (χ0) is 17.7. The number of nitrogens with zero attached hydrogens (tertiary/aromatic N) is 2. The van der Waals surface area contributed by atoms with Gasteiger partial charge in [0.2, 0.25) is 6.41 Å². The number of carboxylic acids is 1. The summed E-state index contributed by atoms with van der Waals surface area (Å²) in [5.74, 6) is -1.19. The van der Waals surface area contributed by atoms with Crippen LogP contribution >= 0.6 is 0 Å². The molecule has 1 aromatic rings. The average molecular weight is 352 g/mol. The van der Waals surface area contributed by atoms with Gasteiger partial charge in [-0.25, -0.2) is 0 Å². The van der Waals surface area contributed by atoms with Crippen LogP contribution < -0.4 is 4.90 Å². The minimum absolute atomic E-state index is 0.103. The van der Waals surface area contributed by atoms with Crippen molar-refractivity contribution in [1.82, 2.24) is 4.90 Å². The van der Waals surface area contributed by atoms with Crippen molar-refractivity contribution in [2.75, 3.05) is 18.0 Å². The summed E-state index contributed by atoms with van der Waals surface area (Å²) in [5, 5.41) is 10.2. The number of carboxylic acid groups (broad SMARTS) is 1. The van der Waals surface area contributed by atoms with Crippen LogP contribution in [-0.4, -0.2) is 47.1 Å². The fourth-order valence-electron chi connectivity index (χ4n) is 8.31. The number of piperidine rings is 1. The minimum Gasteiger partial charge on any atom is -0.481 e. The molecule has 7 rings (SSSR count). The number of rotatable bonds is 2. The molecule has 3 spiro atoms. The van der Waals surface area contributed by atoms with Gasteiger partial charge in [-0.05, 0) is 68.7 Å². The number of fused-ring (bicyclic) bond motifs is 3. The molecule has 3 heterocycles. The van der Waals surface area contributed by atoms with Crippen LogP contribution in [-0.2, 0) is 15.0 Å². The molecule has 0 aromatic heterocycles. The number of carbonyl (C=O) groups excluding carboxylic acids is 1. The number of para-hydroxylation sites is 1. The summed E-state index contributed by atoms with van der Waals surface area (Å²) in [7, 11) is 0. The number of amides is 1. The van der Waals surface area contributed by atoms with E-state index in [-0.39, 0.29) is 10.8 Å². The van der Waals surface area contributed by atoms with Crippen LogP contribution in [0.3, 0.4) is 0 Å². The standard InChI is InChI=1S/C21H24N2O3/c24-13-23-16-5-2-1-4-14(16)20-9-11-22-10-3-6-19(18(20)22)7-8-21(20,23)15(12-19)17(25)26/h1-2,4-5,13,15,18H,3,6-12H2,(H,25,26). The molecule has 6 aliphatic rings. The first-order valence-electron chi connectivity index (χ1n) is 9.92. The molecule has 1 aromatic carbocycles. The number of hydrogen-bond acceptors (Lipinski definition) is 3. The molecule has 5 atom stereocenters. The maximum absolute atomic E-state index is 12.5. The molecule has 1 N–H and O–H groups in total. The first kappa shape index (κ1) is 15.2. The van der Waals surface area contributed by atoms with Crippen molar-refractivity contribution in [2.45, 2.75) is 55.5 Å². The van der Waals surface area contributed by atoms with E-state index >= 15 is 0 Å². The average Bonchev–Trinajstić information content (AvgIpc) is 3.18. The van der Waals surface area contributed by atoms with Crippen LogP contribution in [0.25, 0.3) is 0 Å². The van der Waals surface area contributed by atoms with E-state index < -0.39 is 17.4 Å². The van der Waals surface area contributed by atoms with E-state index in [9.17, 15) is 14.7 Å². The topological polar surface area (TPSA) is 60.9 Å². The Morgan fingerprint density at radius 1 is 1.15 bits per heavy atom. The summed E-state index contributed by atoms with van der Waals surface area (Å²) in [4.78, 5) is 29.3. The van der Waals surface area contributed by atoms with Crippen LogP contribution in [0.5, 0.6) is 0 Å². The van der Waals surface area contributed by atoms with Gasteiger partial charge in [0, 0.05) is 17.1 Å². The molecule has 3 saturated carbocycles. The minimum atomic E-state index is -0.717. The summed E-state index contributed by atoms with van der Waals surface area (Å²) in [6.45, 7) is 2.15. The normalized spacial score (nSPS) is 45.2. The predicted octanol–water partition coefficient (Wildman–Crippen LogP) is 2.39. The molecule has 5 fully saturated rings. The monoisotopic (exact) mass is 352 g/mol. The van der Waals surface area contributed by atoms with Gasteiger partial charge in [0.1, 0.15) is 0 Å². The molecule has 0 radical (unpaired) electrons. The molecule has 5 unspecified atom stereocenters. The van der Waals surface area contributed by atoms with Gasteiger partial charge in [-0.3, -0.25) is 14.5 Å². The smallest absolute Gasteiger partial charge is 0.308 e. The first-order valence-corrected chi connectivity index (χ1v) is 9.92. The van der Waals surface area contributed by atoms with Gasteiger partial charge in [0.05, 0.1) is 11.5 Å². The van der Waals surface area contributed by atoms with Crippen molar-refractivity contribution in [1.29, 1.82) is 0 Å². The largest absolute Gasteiger partial charge is 0.481 e. The molecule has 136 valence electrons. The van der Waals surface area contributed by atoms with E-state index in [1.807, 2.05) is 17.0 Å². The summed E-state index contributed by atoms with van der Waals surface area (Å²) in [5.41, 5.74) is 1.48. The fourth-order valence-corrected chi connectivity index (χ4v) is 8.31. The Morgan fingerprint density at radius 3 is 2.81 bits per heavy atom. The van der Waals surface area contributed by atoms with Crippen molar-refractivity contribution < 1.29 is 14.7 Å².